The third-order valence-corrected chi connectivity index (χ3v) is 6.35. The minimum absolute atomic E-state index is 0. The minimum Gasteiger partial charge on any atom is -0.368 e. The summed E-state index contributed by atoms with van der Waals surface area (Å²) in [4.78, 5) is 30.7. The lowest BCUT2D eigenvalue weighted by Gasteiger charge is -2.27. The summed E-state index contributed by atoms with van der Waals surface area (Å²) in [6, 6.07) is 0. The monoisotopic (exact) mass is 430 g/mol. The predicted molar refractivity (Wildman–Crippen MR) is 105 cm³/mol. The number of imidazole rings is 1. The number of hydrogen-bond acceptors (Lipinski definition) is 6. The van der Waals surface area contributed by atoms with Crippen LogP contribution < -0.4 is 11.5 Å². The number of primary amides is 1. The second-order valence-electron chi connectivity index (χ2n) is 6.02. The molecule has 11 heteroatoms. The van der Waals surface area contributed by atoms with Crippen LogP contribution in [0.2, 0.25) is 0 Å². The van der Waals surface area contributed by atoms with Crippen molar-refractivity contribution in [2.24, 2.45) is 11.5 Å². The largest absolute Gasteiger partial charge is 0.368 e. The van der Waals surface area contributed by atoms with E-state index in [2.05, 4.69) is 9.97 Å². The number of nitrogens with two attached hydrogens (primary N) is 2. The molecule has 1 rings (SSSR count). The molecule has 0 fully saturated rings. The molecule has 1 aromatic rings. The Morgan fingerprint density at radius 1 is 1.23 bits per heavy atom. The van der Waals surface area contributed by atoms with E-state index >= 15 is 0 Å². The molecule has 0 spiro atoms. The van der Waals surface area contributed by atoms with Gasteiger partial charge in [0.25, 0.3) is 0 Å². The quantitative estimate of drug-likeness (QED) is 0.444. The number of nitrogens with one attached hydrogen (secondary N) is 1. The first-order chi connectivity index (χ1) is 11.2. The van der Waals surface area contributed by atoms with Crippen LogP contribution in [0.15, 0.2) is 12.5 Å². The van der Waals surface area contributed by atoms with E-state index in [1.807, 2.05) is 13.8 Å². The van der Waals surface area contributed by atoms with Gasteiger partial charge in [0, 0.05) is 11.9 Å². The molecule has 0 saturated heterocycles. The van der Waals surface area contributed by atoms with Gasteiger partial charge in [-0.05, 0) is 12.8 Å². The topological polar surface area (TPSA) is 149 Å². The summed E-state index contributed by atoms with van der Waals surface area (Å²) in [5.41, 5.74) is 9.35. The molecular formula is C15H28Cl2N4O4S. The van der Waals surface area contributed by atoms with Crippen LogP contribution >= 0.6 is 24.8 Å². The lowest BCUT2D eigenvalue weighted by molar-refractivity contribution is -0.132. The van der Waals surface area contributed by atoms with Crippen molar-refractivity contribution in [2.75, 3.05) is 5.75 Å². The second kappa shape index (κ2) is 11.5. The van der Waals surface area contributed by atoms with Gasteiger partial charge in [0.15, 0.2) is 21.2 Å². The zero-order chi connectivity index (χ0) is 18.4. The smallest absolute Gasteiger partial charge is 0.246 e. The summed E-state index contributed by atoms with van der Waals surface area (Å²) < 4.78 is 25.4. The molecule has 5 N–H and O–H groups in total. The average molecular weight is 431 g/mol. The number of carbonyl (C=O) groups is 2. The summed E-state index contributed by atoms with van der Waals surface area (Å²) in [6.45, 7) is 3.76. The maximum atomic E-state index is 12.7. The Morgan fingerprint density at radius 3 is 2.15 bits per heavy atom. The zero-order valence-corrected chi connectivity index (χ0v) is 17.4. The van der Waals surface area contributed by atoms with E-state index in [0.717, 1.165) is 0 Å². The van der Waals surface area contributed by atoms with Crippen LogP contribution in [0.4, 0.5) is 0 Å². The summed E-state index contributed by atoms with van der Waals surface area (Å²) in [6.07, 6.45) is 4.83. The van der Waals surface area contributed by atoms with Crippen LogP contribution in [-0.4, -0.2) is 46.6 Å². The van der Waals surface area contributed by atoms with E-state index in [1.54, 1.807) is 0 Å². The van der Waals surface area contributed by atoms with Gasteiger partial charge < -0.3 is 16.5 Å². The zero-order valence-electron chi connectivity index (χ0n) is 14.9. The Morgan fingerprint density at radius 2 is 1.77 bits per heavy atom. The van der Waals surface area contributed by atoms with Gasteiger partial charge in [-0.2, -0.15) is 0 Å². The molecule has 26 heavy (non-hydrogen) atoms. The normalized spacial score (nSPS) is 13.4. The maximum Gasteiger partial charge on any atom is 0.246 e. The van der Waals surface area contributed by atoms with Crippen molar-refractivity contribution in [1.82, 2.24) is 9.97 Å². The molecule has 0 radical (unpaired) electrons. The number of amides is 1. The van der Waals surface area contributed by atoms with Gasteiger partial charge >= 0.3 is 0 Å². The van der Waals surface area contributed by atoms with Gasteiger partial charge in [0.2, 0.25) is 5.91 Å². The number of rotatable bonds is 11. The number of carbonyl (C=O) groups excluding carboxylic acids is 2. The standard InChI is InChI=1S/C15H26N4O4S.2ClH/c1-3-5-12(6-4-2)24(22,23)9-15(17,14(16)21)13(20)7-11-8-18-10-19-11;;/h8,10,12H,3-7,9,17H2,1-2H3,(H2,16,21)(H,18,19);2*1H/t15-;;/m1../s1. The van der Waals surface area contributed by atoms with Crippen LogP contribution in [-0.2, 0) is 25.8 Å². The van der Waals surface area contributed by atoms with Gasteiger partial charge in [0.1, 0.15) is 0 Å². The lowest BCUT2D eigenvalue weighted by Crippen LogP contribution is -2.63. The van der Waals surface area contributed by atoms with Crippen molar-refractivity contribution in [1.29, 1.82) is 0 Å². The fraction of sp³-hybridized carbons (Fsp3) is 0.667. The summed E-state index contributed by atoms with van der Waals surface area (Å²) in [7, 11) is -3.75. The first-order valence-electron chi connectivity index (χ1n) is 7.98. The number of nitrogens with zero attached hydrogens (tertiary/aromatic N) is 1. The van der Waals surface area contributed by atoms with Crippen molar-refractivity contribution < 1.29 is 18.0 Å². The highest BCUT2D eigenvalue weighted by Gasteiger charge is 2.45. The molecule has 1 aromatic heterocycles. The summed E-state index contributed by atoms with van der Waals surface area (Å²) in [5, 5.41) is -0.630. The highest BCUT2D eigenvalue weighted by atomic mass is 35.5. The number of hydrogen-bond donors (Lipinski definition) is 3. The minimum atomic E-state index is -3.75. The van der Waals surface area contributed by atoms with Crippen LogP contribution in [0.5, 0.6) is 0 Å². The Hall–Kier alpha value is -1.16. The molecule has 152 valence electrons. The first-order valence-corrected chi connectivity index (χ1v) is 9.69. The second-order valence-corrected chi connectivity index (χ2v) is 8.30. The number of halogens is 2. The van der Waals surface area contributed by atoms with Gasteiger partial charge in [-0.3, -0.25) is 9.59 Å². The molecule has 0 aliphatic carbocycles. The van der Waals surface area contributed by atoms with E-state index < -0.39 is 38.1 Å². The Bertz CT molecular complexity index is 661. The number of H-pyrrole nitrogens is 1. The summed E-state index contributed by atoms with van der Waals surface area (Å²) >= 11 is 0. The lowest BCUT2D eigenvalue weighted by atomic mass is 9.93. The predicted octanol–water partition coefficient (Wildman–Crippen LogP) is 0.931. The van der Waals surface area contributed by atoms with E-state index in [1.165, 1.54) is 12.5 Å². The molecule has 0 bridgehead atoms. The number of sulfone groups is 1. The van der Waals surface area contributed by atoms with Crippen LogP contribution in [0.25, 0.3) is 0 Å². The number of aromatic amines is 1. The molecule has 0 aromatic carbocycles. The molecule has 1 heterocycles. The van der Waals surface area contributed by atoms with E-state index in [-0.39, 0.29) is 31.2 Å². The van der Waals surface area contributed by atoms with E-state index in [0.29, 0.717) is 31.4 Å². The average Bonchev–Trinajstić information content (AvgIpc) is 2.99. The Labute approximate surface area is 166 Å². The number of Topliss-reactive ketones (excluding diaryl/α,β-unsaturated/α-hetero) is 1. The third-order valence-electron chi connectivity index (χ3n) is 4.00. The van der Waals surface area contributed by atoms with Gasteiger partial charge in [-0.1, -0.05) is 26.7 Å². The van der Waals surface area contributed by atoms with Gasteiger partial charge in [0.05, 0.1) is 23.8 Å². The molecule has 8 nitrogen and oxygen atoms in total. The van der Waals surface area contributed by atoms with Crippen molar-refractivity contribution in [3.05, 3.63) is 18.2 Å². The molecule has 0 aliphatic rings. The highest BCUT2D eigenvalue weighted by molar-refractivity contribution is 7.92. The van der Waals surface area contributed by atoms with Crippen molar-refractivity contribution >= 4 is 46.3 Å². The SMILES string of the molecule is CCCC(CCC)S(=O)(=O)C[C@](N)(C(N)=O)C(=O)Cc1cnc[nH]1.Cl.Cl. The number of ketones is 1. The fourth-order valence-electron chi connectivity index (χ4n) is 2.58. The Balaban J connectivity index is 0. The van der Waals surface area contributed by atoms with Crippen molar-refractivity contribution in [2.45, 2.75) is 56.7 Å². The maximum absolute atomic E-state index is 12.7. The van der Waals surface area contributed by atoms with Crippen LogP contribution in [0.1, 0.15) is 45.2 Å². The third kappa shape index (κ3) is 6.86. The van der Waals surface area contributed by atoms with Crippen molar-refractivity contribution in [3.8, 4) is 0 Å². The van der Waals surface area contributed by atoms with Gasteiger partial charge in [-0.15, -0.1) is 24.8 Å². The Kier molecular flexibility index (Phi) is 12.0. The molecule has 0 saturated carbocycles. The molecule has 1 amide bonds. The van der Waals surface area contributed by atoms with E-state index in [9.17, 15) is 18.0 Å². The van der Waals surface area contributed by atoms with Crippen LogP contribution in [0.3, 0.4) is 0 Å². The summed E-state index contributed by atoms with van der Waals surface area (Å²) in [5.74, 6) is -2.65. The molecule has 0 aliphatic heterocycles. The molecule has 0 unspecified atom stereocenters. The van der Waals surface area contributed by atoms with Crippen molar-refractivity contribution in [3.63, 3.8) is 0 Å². The highest BCUT2D eigenvalue weighted by Crippen LogP contribution is 2.20. The van der Waals surface area contributed by atoms with Gasteiger partial charge in [-0.25, -0.2) is 13.4 Å². The van der Waals surface area contributed by atoms with E-state index in [4.69, 9.17) is 11.5 Å². The van der Waals surface area contributed by atoms with Crippen LogP contribution in [0, 0.1) is 0 Å². The molecular weight excluding hydrogens is 403 g/mol. The fourth-order valence-corrected chi connectivity index (χ4v) is 4.95. The molecule has 1 atom stereocenters. The first kappa shape index (κ1) is 27.1. The number of aromatic nitrogens is 2.